The van der Waals surface area contributed by atoms with Crippen molar-refractivity contribution >= 4 is 5.91 Å². The second-order valence-corrected chi connectivity index (χ2v) is 8.89. The molecular weight excluding hydrogens is 402 g/mol. The van der Waals surface area contributed by atoms with Gasteiger partial charge < -0.3 is 19.1 Å². The summed E-state index contributed by atoms with van der Waals surface area (Å²) in [5.74, 6) is 0.749. The van der Waals surface area contributed by atoms with Crippen LogP contribution in [0.2, 0.25) is 0 Å². The van der Waals surface area contributed by atoms with Crippen molar-refractivity contribution in [2.45, 2.75) is 64.3 Å². The van der Waals surface area contributed by atoms with E-state index in [0.717, 1.165) is 31.2 Å². The molecular formula is C27H35NO4. The molecule has 5 heteroatoms. The van der Waals surface area contributed by atoms with E-state index in [2.05, 4.69) is 31.2 Å². The number of aryl methyl sites for hydroxylation is 1. The Kier molecular flexibility index (Phi) is 7.17. The van der Waals surface area contributed by atoms with Crippen LogP contribution in [0.4, 0.5) is 0 Å². The van der Waals surface area contributed by atoms with Crippen LogP contribution in [0.5, 0.6) is 5.75 Å². The Bertz CT molecular complexity index is 905. The summed E-state index contributed by atoms with van der Waals surface area (Å²) in [6, 6.07) is 16.2. The molecule has 32 heavy (non-hydrogen) atoms. The molecule has 2 atom stereocenters. The van der Waals surface area contributed by atoms with Gasteiger partial charge >= 0.3 is 0 Å². The first-order valence-corrected chi connectivity index (χ1v) is 11.9. The van der Waals surface area contributed by atoms with E-state index in [0.29, 0.717) is 37.6 Å². The predicted octanol–water partition coefficient (Wildman–Crippen LogP) is 5.33. The molecule has 2 aromatic carbocycles. The Labute approximate surface area is 191 Å². The Morgan fingerprint density at radius 1 is 1.06 bits per heavy atom. The highest BCUT2D eigenvalue weighted by Crippen LogP contribution is 2.44. The molecule has 2 saturated heterocycles. The average Bonchev–Trinajstić information content (AvgIpc) is 2.81. The molecule has 1 spiro atoms. The molecule has 0 N–H and O–H groups in total. The van der Waals surface area contributed by atoms with Gasteiger partial charge in [-0.15, -0.1) is 0 Å². The molecule has 5 nitrogen and oxygen atoms in total. The molecule has 2 aromatic rings. The fourth-order valence-corrected chi connectivity index (χ4v) is 5.14. The maximum atomic E-state index is 13.4. The summed E-state index contributed by atoms with van der Waals surface area (Å²) >= 11 is 0. The molecule has 1 amide bonds. The molecule has 0 aliphatic carbocycles. The summed E-state index contributed by atoms with van der Waals surface area (Å²) in [5.41, 5.74) is 2.61. The molecule has 172 valence electrons. The van der Waals surface area contributed by atoms with E-state index in [-0.39, 0.29) is 23.7 Å². The number of hydrogen-bond acceptors (Lipinski definition) is 4. The Morgan fingerprint density at radius 3 is 2.50 bits per heavy atom. The van der Waals surface area contributed by atoms with Gasteiger partial charge in [0.2, 0.25) is 0 Å². The quantitative estimate of drug-likeness (QED) is 0.613. The van der Waals surface area contributed by atoms with Crippen LogP contribution in [0.25, 0.3) is 0 Å². The maximum Gasteiger partial charge on any atom is 0.257 e. The summed E-state index contributed by atoms with van der Waals surface area (Å²) in [5, 5.41) is 0. The highest BCUT2D eigenvalue weighted by Gasteiger charge is 2.45. The van der Waals surface area contributed by atoms with E-state index in [1.54, 1.807) is 0 Å². The molecule has 2 fully saturated rings. The average molecular weight is 438 g/mol. The van der Waals surface area contributed by atoms with E-state index in [1.165, 1.54) is 5.56 Å². The van der Waals surface area contributed by atoms with Crippen LogP contribution in [0.15, 0.2) is 48.5 Å². The predicted molar refractivity (Wildman–Crippen MR) is 125 cm³/mol. The van der Waals surface area contributed by atoms with Crippen LogP contribution in [0.1, 0.15) is 67.1 Å². The number of piperidine rings is 1. The van der Waals surface area contributed by atoms with Gasteiger partial charge in [0.1, 0.15) is 5.75 Å². The Hall–Kier alpha value is -2.37. The van der Waals surface area contributed by atoms with Gasteiger partial charge in [0.05, 0.1) is 30.0 Å². The Balaban J connectivity index is 1.49. The largest absolute Gasteiger partial charge is 0.493 e. The van der Waals surface area contributed by atoms with E-state index >= 15 is 0 Å². The van der Waals surface area contributed by atoms with Crippen molar-refractivity contribution in [2.24, 2.45) is 0 Å². The number of ether oxygens (including phenoxy) is 3. The number of carbonyl (C=O) groups excluding carboxylic acids is 1. The lowest BCUT2D eigenvalue weighted by atomic mass is 9.80. The molecule has 2 heterocycles. The van der Waals surface area contributed by atoms with E-state index < -0.39 is 0 Å². The highest BCUT2D eigenvalue weighted by molar-refractivity contribution is 5.97. The minimum atomic E-state index is -0.245. The zero-order valence-electron chi connectivity index (χ0n) is 19.5. The van der Waals surface area contributed by atoms with E-state index in [4.69, 9.17) is 14.2 Å². The normalized spacial score (nSPS) is 22.7. The first kappa shape index (κ1) is 22.8. The topological polar surface area (TPSA) is 48.0 Å². The van der Waals surface area contributed by atoms with Crippen molar-refractivity contribution in [2.75, 3.05) is 26.3 Å². The summed E-state index contributed by atoms with van der Waals surface area (Å²) in [7, 11) is 0. The summed E-state index contributed by atoms with van der Waals surface area (Å²) in [6.45, 7) is 8.60. The third kappa shape index (κ3) is 4.84. The molecule has 0 unspecified atom stereocenters. The lowest BCUT2D eigenvalue weighted by molar-refractivity contribution is -0.190. The van der Waals surface area contributed by atoms with Crippen molar-refractivity contribution < 1.29 is 19.0 Å². The number of rotatable bonds is 6. The van der Waals surface area contributed by atoms with Crippen LogP contribution in [0, 0.1) is 6.92 Å². The SMILES string of the molecule is CCOc1c(C)cccc1C(=O)N1CCC2(CC1)C[C@@H](OCC)C[C@@H](c1ccccc1)O2. The number of nitrogens with zero attached hydrogens (tertiary/aromatic N) is 1. The third-order valence-electron chi connectivity index (χ3n) is 6.74. The minimum absolute atomic E-state index is 0.0325. The summed E-state index contributed by atoms with van der Waals surface area (Å²) in [6.07, 6.45) is 3.63. The molecule has 2 aliphatic rings. The van der Waals surface area contributed by atoms with Gasteiger partial charge in [-0.3, -0.25) is 4.79 Å². The number of para-hydroxylation sites is 1. The zero-order valence-corrected chi connectivity index (χ0v) is 19.5. The first-order chi connectivity index (χ1) is 15.5. The van der Waals surface area contributed by atoms with Crippen molar-refractivity contribution in [1.29, 1.82) is 0 Å². The standard InChI is InChI=1S/C27H35NO4/c1-4-30-22-18-24(21-11-7-6-8-12-21)32-27(19-22)14-16-28(17-15-27)26(29)23-13-9-10-20(3)25(23)31-5-2/h6-13,22,24H,4-5,14-19H2,1-3H3/t22-,24-/m0/s1. The van der Waals surface area contributed by atoms with Crippen LogP contribution in [-0.4, -0.2) is 48.8 Å². The van der Waals surface area contributed by atoms with Gasteiger partial charge in [0.15, 0.2) is 0 Å². The molecule has 0 radical (unpaired) electrons. The van der Waals surface area contributed by atoms with Crippen molar-refractivity contribution in [3.8, 4) is 5.75 Å². The van der Waals surface area contributed by atoms with Crippen molar-refractivity contribution in [3.05, 3.63) is 65.2 Å². The van der Waals surface area contributed by atoms with Crippen LogP contribution >= 0.6 is 0 Å². The molecule has 0 saturated carbocycles. The molecule has 2 aliphatic heterocycles. The summed E-state index contributed by atoms with van der Waals surface area (Å²) in [4.78, 5) is 15.3. The second-order valence-electron chi connectivity index (χ2n) is 8.89. The zero-order chi connectivity index (χ0) is 22.6. The number of hydrogen-bond donors (Lipinski definition) is 0. The minimum Gasteiger partial charge on any atom is -0.493 e. The van der Waals surface area contributed by atoms with Gasteiger partial charge in [-0.25, -0.2) is 0 Å². The maximum absolute atomic E-state index is 13.4. The van der Waals surface area contributed by atoms with Gasteiger partial charge in [-0.1, -0.05) is 42.5 Å². The monoisotopic (exact) mass is 437 g/mol. The van der Waals surface area contributed by atoms with Crippen LogP contribution < -0.4 is 4.74 Å². The fraction of sp³-hybridized carbons (Fsp3) is 0.519. The second kappa shape index (κ2) is 10.1. The van der Waals surface area contributed by atoms with Crippen molar-refractivity contribution in [1.82, 2.24) is 4.90 Å². The number of amides is 1. The van der Waals surface area contributed by atoms with Gasteiger partial charge in [-0.05, 0) is 50.8 Å². The smallest absolute Gasteiger partial charge is 0.257 e. The number of carbonyl (C=O) groups is 1. The highest BCUT2D eigenvalue weighted by atomic mass is 16.5. The number of likely N-dealkylation sites (tertiary alicyclic amines) is 1. The first-order valence-electron chi connectivity index (χ1n) is 11.9. The Morgan fingerprint density at radius 2 is 1.81 bits per heavy atom. The van der Waals surface area contributed by atoms with Crippen LogP contribution in [-0.2, 0) is 9.47 Å². The van der Waals surface area contributed by atoms with E-state index in [9.17, 15) is 4.79 Å². The van der Waals surface area contributed by atoms with Crippen molar-refractivity contribution in [3.63, 3.8) is 0 Å². The lowest BCUT2D eigenvalue weighted by Gasteiger charge is -2.48. The van der Waals surface area contributed by atoms with Gasteiger partial charge in [-0.2, -0.15) is 0 Å². The van der Waals surface area contributed by atoms with Gasteiger partial charge in [0, 0.05) is 32.5 Å². The molecule has 4 rings (SSSR count). The molecule has 0 aromatic heterocycles. The fourth-order valence-electron chi connectivity index (χ4n) is 5.14. The van der Waals surface area contributed by atoms with Crippen LogP contribution in [0.3, 0.4) is 0 Å². The lowest BCUT2D eigenvalue weighted by Crippen LogP contribution is -2.52. The van der Waals surface area contributed by atoms with Gasteiger partial charge in [0.25, 0.3) is 5.91 Å². The number of benzene rings is 2. The third-order valence-corrected chi connectivity index (χ3v) is 6.74. The summed E-state index contributed by atoms with van der Waals surface area (Å²) < 4.78 is 18.6. The van der Waals surface area contributed by atoms with E-state index in [1.807, 2.05) is 43.0 Å². The molecule has 0 bridgehead atoms.